The molecule has 1 aliphatic heterocycles. The molecule has 0 bridgehead atoms. The predicted molar refractivity (Wildman–Crippen MR) is 91.3 cm³/mol. The molecule has 1 fully saturated rings. The van der Waals surface area contributed by atoms with Gasteiger partial charge in [0, 0.05) is 0 Å². The summed E-state index contributed by atoms with van der Waals surface area (Å²) in [4.78, 5) is 34.8. The van der Waals surface area contributed by atoms with E-state index in [-0.39, 0.29) is 0 Å². The zero-order valence-electron chi connectivity index (χ0n) is 15.0. The van der Waals surface area contributed by atoms with Crippen LogP contribution in [-0.4, -0.2) is 52.9 Å². The number of esters is 2. The van der Waals surface area contributed by atoms with Crippen LogP contribution in [0.15, 0.2) is 24.3 Å². The van der Waals surface area contributed by atoms with E-state index in [0.29, 0.717) is 5.92 Å². The van der Waals surface area contributed by atoms with Crippen LogP contribution in [0.3, 0.4) is 0 Å². The molecule has 0 saturated carbocycles. The van der Waals surface area contributed by atoms with E-state index in [0.717, 1.165) is 12.0 Å². The summed E-state index contributed by atoms with van der Waals surface area (Å²) in [5, 5.41) is 19.1. The van der Waals surface area contributed by atoms with E-state index in [9.17, 15) is 24.6 Å². The van der Waals surface area contributed by atoms with Crippen LogP contribution in [-0.2, 0) is 30.3 Å². The summed E-state index contributed by atoms with van der Waals surface area (Å²) in [5.74, 6) is -2.64. The van der Waals surface area contributed by atoms with Crippen LogP contribution in [0.5, 0.6) is 0 Å². The number of carbonyl (C=O) groups is 3. The Morgan fingerprint density at radius 2 is 1.81 bits per heavy atom. The molecule has 1 aromatic rings. The minimum absolute atomic E-state index is 0.509. The topological polar surface area (TPSA) is 110 Å². The molecule has 0 amide bonds. The summed E-state index contributed by atoms with van der Waals surface area (Å²) < 4.78 is 9.62. The van der Waals surface area contributed by atoms with E-state index in [1.54, 1.807) is 6.92 Å². The monoisotopic (exact) mass is 364 g/mol. The summed E-state index contributed by atoms with van der Waals surface area (Å²) in [6, 6.07) is 7.65. The molecule has 7 nitrogen and oxygen atoms in total. The van der Waals surface area contributed by atoms with Crippen molar-refractivity contribution in [2.45, 2.75) is 51.4 Å². The number of Topliss-reactive ketones (excluding diaryl/α,β-unsaturated/α-hetero) is 1. The van der Waals surface area contributed by atoms with Gasteiger partial charge in [0.1, 0.15) is 12.7 Å². The smallest absolute Gasteiger partial charge is 0.343 e. The van der Waals surface area contributed by atoms with E-state index in [1.165, 1.54) is 5.56 Å². The van der Waals surface area contributed by atoms with Crippen LogP contribution in [0, 0.1) is 5.92 Å². The first-order valence-electron chi connectivity index (χ1n) is 8.56. The number of benzene rings is 1. The van der Waals surface area contributed by atoms with Crippen molar-refractivity contribution in [2.24, 2.45) is 5.92 Å². The van der Waals surface area contributed by atoms with E-state index in [4.69, 9.17) is 4.74 Å². The Labute approximate surface area is 151 Å². The highest BCUT2D eigenvalue weighted by Crippen LogP contribution is 2.20. The first-order chi connectivity index (χ1) is 12.2. The number of carbonyl (C=O) groups excluding carboxylic acids is 3. The maximum atomic E-state index is 12.2. The van der Waals surface area contributed by atoms with Crippen LogP contribution in [0.2, 0.25) is 0 Å². The van der Waals surface area contributed by atoms with E-state index in [2.05, 4.69) is 18.6 Å². The van der Waals surface area contributed by atoms with Gasteiger partial charge in [0.25, 0.3) is 0 Å². The number of aliphatic hydroxyl groups excluding tert-OH is 2. The van der Waals surface area contributed by atoms with E-state index in [1.807, 2.05) is 24.3 Å². The van der Waals surface area contributed by atoms with Gasteiger partial charge in [0.15, 0.2) is 6.10 Å². The summed E-state index contributed by atoms with van der Waals surface area (Å²) in [7, 11) is 0. The quantitative estimate of drug-likeness (QED) is 0.542. The molecule has 0 aromatic heterocycles. The van der Waals surface area contributed by atoms with Gasteiger partial charge >= 0.3 is 11.9 Å². The van der Waals surface area contributed by atoms with Crippen molar-refractivity contribution in [3.63, 3.8) is 0 Å². The van der Waals surface area contributed by atoms with E-state index < -0.39 is 48.6 Å². The highest BCUT2D eigenvalue weighted by atomic mass is 16.6. The number of ketones is 1. The molecule has 1 aliphatic rings. The Morgan fingerprint density at radius 3 is 2.31 bits per heavy atom. The molecule has 4 atom stereocenters. The van der Waals surface area contributed by atoms with Crippen LogP contribution in [0.1, 0.15) is 37.8 Å². The Bertz CT molecular complexity index is 665. The van der Waals surface area contributed by atoms with Crippen LogP contribution in [0.4, 0.5) is 0 Å². The summed E-state index contributed by atoms with van der Waals surface area (Å²) >= 11 is 0. The van der Waals surface area contributed by atoms with Gasteiger partial charge in [-0.3, -0.25) is 9.59 Å². The predicted octanol–water partition coefficient (Wildman–Crippen LogP) is 0.748. The number of hydrogen-bond acceptors (Lipinski definition) is 7. The molecule has 0 radical (unpaired) electrons. The SMILES string of the molecule is CC(C)Cc1ccc([C@H](C)C(=O)OC[C@H](O)[C@H]2OC(=O)C(O)C2=O)cc1. The molecule has 7 heteroatoms. The average Bonchev–Trinajstić information content (AvgIpc) is 2.86. The molecule has 1 saturated heterocycles. The lowest BCUT2D eigenvalue weighted by atomic mass is 9.97. The average molecular weight is 364 g/mol. The van der Waals surface area contributed by atoms with Crippen molar-refractivity contribution in [1.29, 1.82) is 0 Å². The lowest BCUT2D eigenvalue weighted by Crippen LogP contribution is -2.38. The highest BCUT2D eigenvalue weighted by Gasteiger charge is 2.46. The number of hydrogen-bond donors (Lipinski definition) is 2. The standard InChI is InChI=1S/C19H24O7/c1-10(2)8-12-4-6-13(7-5-12)11(3)18(23)25-9-14(20)17-15(21)16(22)19(24)26-17/h4-7,10-11,14,16-17,20,22H,8-9H2,1-3H3/t11-,14-,16?,17+/m0/s1. The minimum Gasteiger partial charge on any atom is -0.462 e. The van der Waals surface area contributed by atoms with Crippen molar-refractivity contribution in [3.05, 3.63) is 35.4 Å². The normalized spacial score (nSPS) is 22.2. The van der Waals surface area contributed by atoms with E-state index >= 15 is 0 Å². The van der Waals surface area contributed by atoms with Crippen LogP contribution in [0.25, 0.3) is 0 Å². The Balaban J connectivity index is 1.89. The summed E-state index contributed by atoms with van der Waals surface area (Å²) in [6.07, 6.45) is -3.98. The van der Waals surface area contributed by atoms with Gasteiger partial charge in [-0.2, -0.15) is 0 Å². The van der Waals surface area contributed by atoms with Gasteiger partial charge in [0.2, 0.25) is 11.9 Å². The van der Waals surface area contributed by atoms with Crippen molar-refractivity contribution in [3.8, 4) is 0 Å². The van der Waals surface area contributed by atoms with Crippen molar-refractivity contribution in [1.82, 2.24) is 0 Å². The second-order valence-corrected chi connectivity index (χ2v) is 6.92. The molecule has 1 heterocycles. The number of aliphatic hydroxyl groups is 2. The molecule has 1 aromatic carbocycles. The van der Waals surface area contributed by atoms with Crippen molar-refractivity contribution < 1.29 is 34.1 Å². The second-order valence-electron chi connectivity index (χ2n) is 6.92. The van der Waals surface area contributed by atoms with Gasteiger partial charge in [0.05, 0.1) is 5.92 Å². The number of cyclic esters (lactones) is 1. The van der Waals surface area contributed by atoms with Gasteiger partial charge in [-0.1, -0.05) is 38.1 Å². The molecule has 2 rings (SSSR count). The number of ether oxygens (including phenoxy) is 2. The van der Waals surface area contributed by atoms with Gasteiger partial charge in [-0.05, 0) is 30.4 Å². The maximum Gasteiger partial charge on any atom is 0.343 e. The zero-order chi connectivity index (χ0) is 19.4. The first-order valence-corrected chi connectivity index (χ1v) is 8.56. The molecule has 0 aliphatic carbocycles. The fourth-order valence-electron chi connectivity index (χ4n) is 2.72. The molecular weight excluding hydrogens is 340 g/mol. The van der Waals surface area contributed by atoms with Gasteiger partial charge < -0.3 is 19.7 Å². The van der Waals surface area contributed by atoms with Crippen LogP contribution >= 0.6 is 0 Å². The molecule has 26 heavy (non-hydrogen) atoms. The molecule has 2 N–H and O–H groups in total. The molecule has 142 valence electrons. The first kappa shape index (κ1) is 20.1. The molecular formula is C19H24O7. The minimum atomic E-state index is -1.89. The van der Waals surface area contributed by atoms with Crippen molar-refractivity contribution in [2.75, 3.05) is 6.61 Å². The third-order valence-corrected chi connectivity index (χ3v) is 4.24. The second kappa shape index (κ2) is 8.42. The summed E-state index contributed by atoms with van der Waals surface area (Å²) in [5.41, 5.74) is 1.95. The summed E-state index contributed by atoms with van der Waals surface area (Å²) in [6.45, 7) is 5.43. The molecule has 1 unspecified atom stereocenters. The highest BCUT2D eigenvalue weighted by molar-refractivity contribution is 6.09. The Morgan fingerprint density at radius 1 is 1.19 bits per heavy atom. The zero-order valence-corrected chi connectivity index (χ0v) is 15.0. The third kappa shape index (κ3) is 4.68. The largest absolute Gasteiger partial charge is 0.462 e. The van der Waals surface area contributed by atoms with Crippen molar-refractivity contribution >= 4 is 17.7 Å². The van der Waals surface area contributed by atoms with Crippen LogP contribution < -0.4 is 0 Å². The Hall–Kier alpha value is -2.25. The maximum absolute atomic E-state index is 12.2. The molecule has 0 spiro atoms. The van der Waals surface area contributed by atoms with Gasteiger partial charge in [-0.25, -0.2) is 4.79 Å². The Kier molecular flexibility index (Phi) is 6.50. The third-order valence-electron chi connectivity index (χ3n) is 4.24. The fourth-order valence-corrected chi connectivity index (χ4v) is 2.72. The fraction of sp³-hybridized carbons (Fsp3) is 0.526. The lowest BCUT2D eigenvalue weighted by molar-refractivity contribution is -0.157. The lowest BCUT2D eigenvalue weighted by Gasteiger charge is -2.18. The van der Waals surface area contributed by atoms with Gasteiger partial charge in [-0.15, -0.1) is 0 Å². The number of rotatable bonds is 7.